The van der Waals surface area contributed by atoms with Crippen LogP contribution in [-0.2, 0) is 23.9 Å². The molecule has 1 aliphatic carbocycles. The van der Waals surface area contributed by atoms with E-state index < -0.39 is 11.9 Å². The molecule has 1 aromatic carbocycles. The van der Waals surface area contributed by atoms with E-state index in [-0.39, 0.29) is 24.9 Å². The minimum atomic E-state index is -4.45. The van der Waals surface area contributed by atoms with E-state index in [1.54, 1.807) is 6.92 Å². The maximum Gasteiger partial charge on any atom is 0.435 e. The second kappa shape index (κ2) is 6.90. The minimum Gasteiger partial charge on any atom is -0.354 e. The minimum absolute atomic E-state index is 0.0810. The Hall–Kier alpha value is -2.31. The normalized spacial score (nSPS) is 16.7. The number of carbonyl (C=O) groups is 1. The maximum absolute atomic E-state index is 12.6. The second-order valence-corrected chi connectivity index (χ2v) is 6.38. The molecule has 1 N–H and O–H groups in total. The maximum atomic E-state index is 12.6. The molecule has 1 aliphatic rings. The van der Waals surface area contributed by atoms with Gasteiger partial charge in [-0.05, 0) is 42.9 Å². The number of fused-ring (bicyclic) bond motifs is 1. The third-order valence-electron chi connectivity index (χ3n) is 4.61. The molecule has 0 aliphatic heterocycles. The van der Waals surface area contributed by atoms with Crippen LogP contribution in [0.3, 0.4) is 0 Å². The Morgan fingerprint density at radius 2 is 2.12 bits per heavy atom. The molecule has 1 aromatic heterocycles. The lowest BCUT2D eigenvalue weighted by Crippen LogP contribution is -2.28. The van der Waals surface area contributed by atoms with E-state index in [1.165, 1.54) is 15.8 Å². The molecule has 2 aromatic rings. The Labute approximate surface area is 144 Å². The van der Waals surface area contributed by atoms with Crippen molar-refractivity contribution in [3.05, 3.63) is 52.8 Å². The SMILES string of the molecule is Cc1cc(C(F)(F)F)nn1CCNC(=O)CC1CCc2ccccc21. The Bertz CT molecular complexity index is 767. The summed E-state index contributed by atoms with van der Waals surface area (Å²) >= 11 is 0. The van der Waals surface area contributed by atoms with Gasteiger partial charge in [-0.25, -0.2) is 0 Å². The van der Waals surface area contributed by atoms with Crippen LogP contribution in [0.25, 0.3) is 0 Å². The summed E-state index contributed by atoms with van der Waals surface area (Å²) in [5.74, 6) is 0.141. The summed E-state index contributed by atoms with van der Waals surface area (Å²) in [7, 11) is 0. The predicted octanol–water partition coefficient (Wildman–Crippen LogP) is 3.45. The van der Waals surface area contributed by atoms with Gasteiger partial charge >= 0.3 is 6.18 Å². The molecule has 1 unspecified atom stereocenters. The van der Waals surface area contributed by atoms with Crippen LogP contribution in [0.1, 0.15) is 41.3 Å². The summed E-state index contributed by atoms with van der Waals surface area (Å²) in [4.78, 5) is 12.1. The molecule has 0 bridgehead atoms. The second-order valence-electron chi connectivity index (χ2n) is 6.38. The van der Waals surface area contributed by atoms with Gasteiger partial charge in [-0.3, -0.25) is 9.48 Å². The van der Waals surface area contributed by atoms with Crippen LogP contribution in [0, 0.1) is 6.92 Å². The van der Waals surface area contributed by atoms with Gasteiger partial charge in [-0.2, -0.15) is 18.3 Å². The summed E-state index contributed by atoms with van der Waals surface area (Å²) in [6.07, 6.45) is -2.10. The van der Waals surface area contributed by atoms with Crippen molar-refractivity contribution < 1.29 is 18.0 Å². The predicted molar refractivity (Wildman–Crippen MR) is 87.1 cm³/mol. The summed E-state index contributed by atoms with van der Waals surface area (Å²) < 4.78 is 39.2. The van der Waals surface area contributed by atoms with Gasteiger partial charge in [0.2, 0.25) is 5.91 Å². The highest BCUT2D eigenvalue weighted by atomic mass is 19.4. The first-order valence-electron chi connectivity index (χ1n) is 8.31. The molecule has 134 valence electrons. The van der Waals surface area contributed by atoms with E-state index >= 15 is 0 Å². The van der Waals surface area contributed by atoms with E-state index in [0.717, 1.165) is 18.9 Å². The number of benzene rings is 1. The number of nitrogens with one attached hydrogen (secondary N) is 1. The van der Waals surface area contributed by atoms with Crippen LogP contribution < -0.4 is 5.32 Å². The van der Waals surface area contributed by atoms with Crippen molar-refractivity contribution in [2.45, 2.75) is 44.8 Å². The zero-order valence-corrected chi connectivity index (χ0v) is 13.9. The number of hydrogen-bond donors (Lipinski definition) is 1. The van der Waals surface area contributed by atoms with Gasteiger partial charge in [0.1, 0.15) is 0 Å². The number of aryl methyl sites for hydroxylation is 2. The molecule has 0 saturated heterocycles. The molecular formula is C18H20F3N3O. The zero-order chi connectivity index (χ0) is 18.0. The number of aromatic nitrogens is 2. The van der Waals surface area contributed by atoms with Crippen molar-refractivity contribution in [2.24, 2.45) is 0 Å². The lowest BCUT2D eigenvalue weighted by Gasteiger charge is -2.12. The standard InChI is InChI=1S/C18H20F3N3O/c1-12-10-16(18(19,20)21)23-24(12)9-8-22-17(25)11-14-7-6-13-4-2-3-5-15(13)14/h2-5,10,14H,6-9,11H2,1H3,(H,22,25). The van der Waals surface area contributed by atoms with Crippen molar-refractivity contribution in [1.29, 1.82) is 0 Å². The van der Waals surface area contributed by atoms with Gasteiger partial charge in [-0.1, -0.05) is 24.3 Å². The van der Waals surface area contributed by atoms with Gasteiger partial charge in [0, 0.05) is 18.7 Å². The van der Waals surface area contributed by atoms with Crippen LogP contribution in [0.15, 0.2) is 30.3 Å². The smallest absolute Gasteiger partial charge is 0.354 e. The number of halogens is 3. The zero-order valence-electron chi connectivity index (χ0n) is 13.9. The number of hydrogen-bond acceptors (Lipinski definition) is 2. The Morgan fingerprint density at radius 1 is 1.36 bits per heavy atom. The Morgan fingerprint density at radius 3 is 2.84 bits per heavy atom. The molecule has 25 heavy (non-hydrogen) atoms. The van der Waals surface area contributed by atoms with E-state index in [2.05, 4.69) is 22.5 Å². The highest BCUT2D eigenvalue weighted by molar-refractivity contribution is 5.77. The van der Waals surface area contributed by atoms with Crippen molar-refractivity contribution in [1.82, 2.24) is 15.1 Å². The van der Waals surface area contributed by atoms with E-state index in [9.17, 15) is 18.0 Å². The van der Waals surface area contributed by atoms with E-state index in [0.29, 0.717) is 12.1 Å². The number of nitrogens with zero attached hydrogens (tertiary/aromatic N) is 2. The highest BCUT2D eigenvalue weighted by Gasteiger charge is 2.34. The lowest BCUT2D eigenvalue weighted by atomic mass is 9.97. The quantitative estimate of drug-likeness (QED) is 0.897. The van der Waals surface area contributed by atoms with Crippen LogP contribution in [0.5, 0.6) is 0 Å². The van der Waals surface area contributed by atoms with E-state index in [1.807, 2.05) is 12.1 Å². The largest absolute Gasteiger partial charge is 0.435 e. The first-order chi connectivity index (χ1) is 11.8. The molecule has 1 amide bonds. The molecule has 0 spiro atoms. The fourth-order valence-corrected chi connectivity index (χ4v) is 3.33. The summed E-state index contributed by atoms with van der Waals surface area (Å²) in [6.45, 7) is 2.04. The molecule has 0 radical (unpaired) electrons. The molecule has 1 atom stereocenters. The lowest BCUT2D eigenvalue weighted by molar-refractivity contribution is -0.141. The number of alkyl halides is 3. The van der Waals surface area contributed by atoms with Crippen molar-refractivity contribution in [3.8, 4) is 0 Å². The number of rotatable bonds is 5. The monoisotopic (exact) mass is 351 g/mol. The van der Waals surface area contributed by atoms with Gasteiger partial charge in [0.05, 0.1) is 6.54 Å². The van der Waals surface area contributed by atoms with Gasteiger partial charge in [0.15, 0.2) is 5.69 Å². The van der Waals surface area contributed by atoms with Crippen LogP contribution in [0.4, 0.5) is 13.2 Å². The van der Waals surface area contributed by atoms with Crippen molar-refractivity contribution in [3.63, 3.8) is 0 Å². The van der Waals surface area contributed by atoms with Crippen LogP contribution in [0.2, 0.25) is 0 Å². The third-order valence-corrected chi connectivity index (χ3v) is 4.61. The van der Waals surface area contributed by atoms with Gasteiger partial charge in [-0.15, -0.1) is 0 Å². The Balaban J connectivity index is 1.50. The van der Waals surface area contributed by atoms with Crippen LogP contribution in [-0.4, -0.2) is 22.2 Å². The molecule has 4 nitrogen and oxygen atoms in total. The van der Waals surface area contributed by atoms with E-state index in [4.69, 9.17) is 0 Å². The summed E-state index contributed by atoms with van der Waals surface area (Å²) in [6, 6.07) is 9.14. The molecule has 7 heteroatoms. The number of amides is 1. The highest BCUT2D eigenvalue weighted by Crippen LogP contribution is 2.35. The van der Waals surface area contributed by atoms with Crippen molar-refractivity contribution >= 4 is 5.91 Å². The van der Waals surface area contributed by atoms with Gasteiger partial charge < -0.3 is 5.32 Å². The topological polar surface area (TPSA) is 46.9 Å². The Kier molecular flexibility index (Phi) is 4.83. The molecular weight excluding hydrogens is 331 g/mol. The van der Waals surface area contributed by atoms with Gasteiger partial charge in [0.25, 0.3) is 0 Å². The number of carbonyl (C=O) groups excluding carboxylic acids is 1. The fraction of sp³-hybridized carbons (Fsp3) is 0.444. The average Bonchev–Trinajstić information content (AvgIpc) is 3.12. The van der Waals surface area contributed by atoms with Crippen LogP contribution >= 0.6 is 0 Å². The molecule has 0 saturated carbocycles. The fourth-order valence-electron chi connectivity index (χ4n) is 3.33. The third kappa shape index (κ3) is 4.03. The molecule has 3 rings (SSSR count). The molecule has 0 fully saturated rings. The first-order valence-corrected chi connectivity index (χ1v) is 8.31. The average molecular weight is 351 g/mol. The summed E-state index contributed by atoms with van der Waals surface area (Å²) in [5.41, 5.74) is 2.05. The first kappa shape index (κ1) is 17.5. The molecule has 1 heterocycles. The summed E-state index contributed by atoms with van der Waals surface area (Å²) in [5, 5.41) is 6.33. The van der Waals surface area contributed by atoms with Crippen molar-refractivity contribution in [2.75, 3.05) is 6.54 Å².